The van der Waals surface area contributed by atoms with Gasteiger partial charge < -0.3 is 10.1 Å². The summed E-state index contributed by atoms with van der Waals surface area (Å²) in [5.74, 6) is 0.688. The first-order valence-electron chi connectivity index (χ1n) is 10.6. The molecule has 0 saturated heterocycles. The van der Waals surface area contributed by atoms with Gasteiger partial charge in [0.2, 0.25) is 0 Å². The Hall–Kier alpha value is -3.81. The van der Waals surface area contributed by atoms with E-state index >= 15 is 0 Å². The minimum Gasteiger partial charge on any atom is -0.494 e. The van der Waals surface area contributed by atoms with Crippen LogP contribution >= 0.6 is 0 Å². The molecule has 2 aromatic heterocycles. The summed E-state index contributed by atoms with van der Waals surface area (Å²) in [6.07, 6.45) is -0.721. The van der Waals surface area contributed by atoms with Crippen molar-refractivity contribution in [1.82, 2.24) is 9.38 Å². The summed E-state index contributed by atoms with van der Waals surface area (Å²) in [5.41, 5.74) is 1.07. The number of anilines is 1. The Morgan fingerprint density at radius 2 is 1.76 bits per heavy atom. The van der Waals surface area contributed by atoms with Gasteiger partial charge in [0.05, 0.1) is 12.2 Å². The fourth-order valence-electron chi connectivity index (χ4n) is 3.35. The van der Waals surface area contributed by atoms with E-state index in [9.17, 15) is 18.0 Å². The van der Waals surface area contributed by atoms with Gasteiger partial charge in [-0.2, -0.15) is 13.2 Å². The molecule has 0 unspecified atom stereocenters. The molecule has 0 radical (unpaired) electrons. The number of unbranched alkanes of at least 4 members (excludes halogenated alkanes) is 1. The highest BCUT2D eigenvalue weighted by Gasteiger charge is 2.30. The van der Waals surface area contributed by atoms with Gasteiger partial charge in [-0.3, -0.25) is 9.20 Å². The lowest BCUT2D eigenvalue weighted by Crippen LogP contribution is -2.14. The second kappa shape index (κ2) is 9.36. The summed E-state index contributed by atoms with van der Waals surface area (Å²) in [6.45, 7) is 2.69. The van der Waals surface area contributed by atoms with Crippen LogP contribution < -0.4 is 10.1 Å². The van der Waals surface area contributed by atoms with E-state index in [4.69, 9.17) is 4.74 Å². The minimum atomic E-state index is -4.43. The molecule has 4 aromatic rings. The molecule has 1 N–H and O–H groups in total. The number of halogens is 3. The molecule has 0 spiro atoms. The maximum Gasteiger partial charge on any atom is 0.416 e. The zero-order chi connectivity index (χ0) is 23.4. The van der Waals surface area contributed by atoms with Crippen LogP contribution in [0.1, 0.15) is 35.7 Å². The van der Waals surface area contributed by atoms with Crippen LogP contribution in [0.5, 0.6) is 5.75 Å². The molecule has 1 amide bonds. The summed E-state index contributed by atoms with van der Waals surface area (Å²) < 4.78 is 46.2. The van der Waals surface area contributed by atoms with E-state index < -0.39 is 11.7 Å². The fourth-order valence-corrected chi connectivity index (χ4v) is 3.35. The molecule has 0 saturated carbocycles. The van der Waals surface area contributed by atoms with Crippen molar-refractivity contribution in [3.8, 4) is 17.0 Å². The molecule has 2 aromatic carbocycles. The number of alkyl halides is 3. The van der Waals surface area contributed by atoms with Gasteiger partial charge in [-0.05, 0) is 55.0 Å². The van der Waals surface area contributed by atoms with Crippen LogP contribution in [-0.2, 0) is 6.18 Å². The van der Waals surface area contributed by atoms with Crippen molar-refractivity contribution in [2.24, 2.45) is 0 Å². The quantitative estimate of drug-likeness (QED) is 0.327. The van der Waals surface area contributed by atoms with Crippen molar-refractivity contribution < 1.29 is 22.7 Å². The van der Waals surface area contributed by atoms with Gasteiger partial charge in [0.1, 0.15) is 22.9 Å². The lowest BCUT2D eigenvalue weighted by atomic mass is 10.1. The summed E-state index contributed by atoms with van der Waals surface area (Å²) in [5, 5.41) is 2.86. The molecular formula is C25H22F3N3O2. The summed E-state index contributed by atoms with van der Waals surface area (Å²) in [7, 11) is 0. The number of imidazole rings is 1. The predicted molar refractivity (Wildman–Crippen MR) is 120 cm³/mol. The highest BCUT2D eigenvalue weighted by molar-refractivity contribution is 6.05. The van der Waals surface area contributed by atoms with Crippen molar-refractivity contribution in [1.29, 1.82) is 0 Å². The fraction of sp³-hybridized carbons (Fsp3) is 0.200. The average molecular weight is 453 g/mol. The van der Waals surface area contributed by atoms with Crippen LogP contribution in [0.25, 0.3) is 16.9 Å². The minimum absolute atomic E-state index is 0.367. The van der Waals surface area contributed by atoms with Crippen LogP contribution in [0.4, 0.5) is 19.0 Å². The first-order valence-corrected chi connectivity index (χ1v) is 10.6. The molecule has 0 aliphatic carbocycles. The first kappa shape index (κ1) is 22.4. The van der Waals surface area contributed by atoms with Crippen LogP contribution in [0.15, 0.2) is 72.9 Å². The monoisotopic (exact) mass is 453 g/mol. The highest BCUT2D eigenvalue weighted by Crippen LogP contribution is 2.33. The van der Waals surface area contributed by atoms with Crippen LogP contribution in [0, 0.1) is 0 Å². The van der Waals surface area contributed by atoms with Gasteiger partial charge in [0.15, 0.2) is 0 Å². The molecule has 0 atom stereocenters. The Labute approximate surface area is 188 Å². The Balaban J connectivity index is 1.63. The lowest BCUT2D eigenvalue weighted by Gasteiger charge is -2.10. The second-order valence-electron chi connectivity index (χ2n) is 7.49. The number of nitrogens with one attached hydrogen (secondary N) is 1. The van der Waals surface area contributed by atoms with Crippen molar-refractivity contribution in [3.05, 3.63) is 84.1 Å². The number of hydrogen-bond donors (Lipinski definition) is 1. The largest absolute Gasteiger partial charge is 0.494 e. The van der Waals surface area contributed by atoms with Crippen molar-refractivity contribution in [2.45, 2.75) is 25.9 Å². The predicted octanol–water partition coefficient (Wildman–Crippen LogP) is 6.45. The molecule has 2 heterocycles. The van der Waals surface area contributed by atoms with Crippen LogP contribution in [0.2, 0.25) is 0 Å². The van der Waals surface area contributed by atoms with E-state index in [1.54, 1.807) is 53.1 Å². The average Bonchev–Trinajstić information content (AvgIpc) is 3.17. The Morgan fingerprint density at radius 1 is 1.03 bits per heavy atom. The van der Waals surface area contributed by atoms with Crippen molar-refractivity contribution in [3.63, 3.8) is 0 Å². The van der Waals surface area contributed by atoms with E-state index in [2.05, 4.69) is 17.2 Å². The van der Waals surface area contributed by atoms with Crippen molar-refractivity contribution >= 4 is 17.4 Å². The second-order valence-corrected chi connectivity index (χ2v) is 7.49. The number of amides is 1. The molecule has 0 fully saturated rings. The van der Waals surface area contributed by atoms with Gasteiger partial charge in [0.25, 0.3) is 5.91 Å². The van der Waals surface area contributed by atoms with E-state index in [1.807, 2.05) is 0 Å². The molecule has 4 rings (SSSR count). The maximum absolute atomic E-state index is 13.0. The lowest BCUT2D eigenvalue weighted by molar-refractivity contribution is -0.137. The molecular weight excluding hydrogens is 431 g/mol. The molecule has 0 aliphatic heterocycles. The number of aromatic nitrogens is 2. The number of rotatable bonds is 7. The van der Waals surface area contributed by atoms with Gasteiger partial charge in [-0.1, -0.05) is 31.5 Å². The van der Waals surface area contributed by atoms with Crippen molar-refractivity contribution in [2.75, 3.05) is 11.9 Å². The summed E-state index contributed by atoms with van der Waals surface area (Å²) in [4.78, 5) is 17.5. The number of hydrogen-bond acceptors (Lipinski definition) is 3. The Bertz CT molecular complexity index is 1250. The van der Waals surface area contributed by atoms with E-state index in [-0.39, 0.29) is 5.91 Å². The number of carbonyl (C=O) groups is 1. The van der Waals surface area contributed by atoms with Crippen LogP contribution in [-0.4, -0.2) is 21.9 Å². The third kappa shape index (κ3) is 5.00. The molecule has 170 valence electrons. The number of benzene rings is 2. The number of nitrogens with zero attached hydrogens (tertiary/aromatic N) is 2. The number of pyridine rings is 1. The number of fused-ring (bicyclic) bond motifs is 1. The maximum atomic E-state index is 13.0. The van der Waals surface area contributed by atoms with Crippen LogP contribution in [0.3, 0.4) is 0 Å². The van der Waals surface area contributed by atoms with Gasteiger partial charge in [-0.25, -0.2) is 4.98 Å². The molecule has 5 nitrogen and oxygen atoms in total. The molecule has 8 heteroatoms. The normalized spacial score (nSPS) is 11.5. The topological polar surface area (TPSA) is 55.6 Å². The SMILES string of the molecule is CCCCOc1ccc(C(=O)Nc2c(-c3ccc(C(F)(F)F)cc3)nc3ccccn23)cc1. The highest BCUT2D eigenvalue weighted by atomic mass is 19.4. The Kier molecular flexibility index (Phi) is 6.35. The number of carbonyl (C=O) groups excluding carboxylic acids is 1. The smallest absolute Gasteiger partial charge is 0.416 e. The summed E-state index contributed by atoms with van der Waals surface area (Å²) in [6, 6.07) is 16.8. The van der Waals surface area contributed by atoms with Gasteiger partial charge in [-0.15, -0.1) is 0 Å². The molecule has 0 bridgehead atoms. The summed E-state index contributed by atoms with van der Waals surface area (Å²) >= 11 is 0. The van der Waals surface area contributed by atoms with E-state index in [1.165, 1.54) is 12.1 Å². The van der Waals surface area contributed by atoms with Gasteiger partial charge in [0, 0.05) is 17.3 Å². The van der Waals surface area contributed by atoms with E-state index in [0.717, 1.165) is 25.0 Å². The zero-order valence-corrected chi connectivity index (χ0v) is 17.9. The Morgan fingerprint density at radius 3 is 2.42 bits per heavy atom. The molecule has 33 heavy (non-hydrogen) atoms. The third-order valence-corrected chi connectivity index (χ3v) is 5.13. The van der Waals surface area contributed by atoms with Gasteiger partial charge >= 0.3 is 6.18 Å². The zero-order valence-electron chi connectivity index (χ0n) is 17.9. The number of ether oxygens (including phenoxy) is 1. The van der Waals surface area contributed by atoms with E-state index in [0.29, 0.717) is 40.6 Å². The molecule has 0 aliphatic rings. The first-order chi connectivity index (χ1) is 15.9. The third-order valence-electron chi connectivity index (χ3n) is 5.13. The standard InChI is InChI=1S/C25H22F3N3O2/c1-2-3-16-33-20-13-9-18(10-14-20)24(32)30-23-22(29-21-6-4-5-15-31(21)23)17-7-11-19(12-8-17)25(26,27)28/h4-15H,2-3,16H2,1H3,(H,30,32).